The van der Waals surface area contributed by atoms with E-state index in [1.54, 1.807) is 11.3 Å². The van der Waals surface area contributed by atoms with Crippen molar-refractivity contribution in [2.75, 3.05) is 5.73 Å². The van der Waals surface area contributed by atoms with Crippen LogP contribution < -0.4 is 5.73 Å². The Morgan fingerprint density at radius 3 is 2.35 bits per heavy atom. The van der Waals surface area contributed by atoms with Crippen LogP contribution in [0.15, 0.2) is 47.8 Å². The first-order valence-corrected chi connectivity index (χ1v) is 7.40. The van der Waals surface area contributed by atoms with Crippen LogP contribution in [0.5, 0.6) is 0 Å². The average molecular weight is 280 g/mol. The highest BCUT2D eigenvalue weighted by atomic mass is 32.1. The van der Waals surface area contributed by atoms with Gasteiger partial charge in [0.2, 0.25) is 0 Å². The molecule has 0 bridgehead atoms. The summed E-state index contributed by atoms with van der Waals surface area (Å²) in [4.78, 5) is 4.71. The van der Waals surface area contributed by atoms with Crippen molar-refractivity contribution in [3.63, 3.8) is 0 Å². The number of nitrogens with zero attached hydrogens (tertiary/aromatic N) is 1. The molecule has 1 heterocycles. The Hall–Kier alpha value is -2.13. The number of benzene rings is 2. The molecule has 0 saturated heterocycles. The van der Waals surface area contributed by atoms with Crippen molar-refractivity contribution in [2.24, 2.45) is 0 Å². The first kappa shape index (κ1) is 12.9. The number of nitrogens with two attached hydrogens (primary N) is 1. The molecule has 0 aliphatic carbocycles. The molecule has 0 fully saturated rings. The topological polar surface area (TPSA) is 38.9 Å². The second kappa shape index (κ2) is 5.10. The van der Waals surface area contributed by atoms with E-state index in [4.69, 9.17) is 10.7 Å². The van der Waals surface area contributed by atoms with Crippen LogP contribution in [0.2, 0.25) is 0 Å². The fourth-order valence-electron chi connectivity index (χ4n) is 2.03. The predicted octanol–water partition coefficient (Wildman–Crippen LogP) is 4.68. The summed E-state index contributed by atoms with van der Waals surface area (Å²) < 4.78 is 0. The second-order valence-electron chi connectivity index (χ2n) is 4.98. The van der Waals surface area contributed by atoms with Crippen molar-refractivity contribution in [3.05, 3.63) is 59.0 Å². The molecular formula is C17H16N2S. The fourth-order valence-corrected chi connectivity index (χ4v) is 2.87. The third-order valence-corrected chi connectivity index (χ3v) is 4.27. The maximum Gasteiger partial charge on any atom is 0.124 e. The molecule has 0 radical (unpaired) electrons. The van der Waals surface area contributed by atoms with Gasteiger partial charge in [-0.25, -0.2) is 4.98 Å². The van der Waals surface area contributed by atoms with E-state index >= 15 is 0 Å². The van der Waals surface area contributed by atoms with Crippen molar-refractivity contribution < 1.29 is 0 Å². The Bertz CT molecular complexity index is 742. The van der Waals surface area contributed by atoms with E-state index in [9.17, 15) is 0 Å². The van der Waals surface area contributed by atoms with Crippen molar-refractivity contribution in [1.29, 1.82) is 0 Å². The van der Waals surface area contributed by atoms with Crippen LogP contribution in [-0.2, 0) is 0 Å². The van der Waals surface area contributed by atoms with Gasteiger partial charge in [0.05, 0.1) is 5.69 Å². The number of hydrogen-bond donors (Lipinski definition) is 1. The van der Waals surface area contributed by atoms with E-state index in [0.717, 1.165) is 33.1 Å². The van der Waals surface area contributed by atoms with Gasteiger partial charge in [0.15, 0.2) is 0 Å². The molecule has 0 aliphatic heterocycles. The molecule has 0 amide bonds. The van der Waals surface area contributed by atoms with Gasteiger partial charge in [0, 0.05) is 22.2 Å². The number of aromatic nitrogens is 1. The number of anilines is 1. The summed E-state index contributed by atoms with van der Waals surface area (Å²) in [5.74, 6) is 0. The molecule has 100 valence electrons. The number of thiazole rings is 1. The summed E-state index contributed by atoms with van der Waals surface area (Å²) in [7, 11) is 0. The third-order valence-electron chi connectivity index (χ3n) is 3.38. The maximum atomic E-state index is 5.97. The number of aryl methyl sites for hydroxylation is 2. The highest BCUT2D eigenvalue weighted by Gasteiger charge is 2.07. The van der Waals surface area contributed by atoms with E-state index in [1.807, 2.05) is 19.1 Å². The normalized spacial score (nSPS) is 10.7. The van der Waals surface area contributed by atoms with Crippen LogP contribution in [0.3, 0.4) is 0 Å². The Labute approximate surface area is 122 Å². The smallest absolute Gasteiger partial charge is 0.124 e. The summed E-state index contributed by atoms with van der Waals surface area (Å²) in [6.45, 7) is 4.10. The molecule has 2 aromatic carbocycles. The number of hydrogen-bond acceptors (Lipinski definition) is 3. The molecule has 3 aromatic rings. The minimum Gasteiger partial charge on any atom is -0.398 e. The van der Waals surface area contributed by atoms with Crippen molar-refractivity contribution in [1.82, 2.24) is 4.98 Å². The van der Waals surface area contributed by atoms with Crippen LogP contribution in [0.25, 0.3) is 21.8 Å². The van der Waals surface area contributed by atoms with E-state index in [1.165, 1.54) is 5.56 Å². The predicted molar refractivity (Wildman–Crippen MR) is 86.9 cm³/mol. The van der Waals surface area contributed by atoms with Crippen LogP contribution in [0.4, 0.5) is 5.69 Å². The summed E-state index contributed by atoms with van der Waals surface area (Å²) in [6, 6.07) is 14.5. The van der Waals surface area contributed by atoms with Crippen molar-refractivity contribution >= 4 is 17.0 Å². The Morgan fingerprint density at radius 2 is 1.65 bits per heavy atom. The Balaban J connectivity index is 1.97. The zero-order valence-electron chi connectivity index (χ0n) is 11.6. The van der Waals surface area contributed by atoms with Gasteiger partial charge < -0.3 is 5.73 Å². The van der Waals surface area contributed by atoms with Crippen molar-refractivity contribution in [3.8, 4) is 21.8 Å². The number of rotatable bonds is 2. The highest BCUT2D eigenvalue weighted by Crippen LogP contribution is 2.30. The molecule has 20 heavy (non-hydrogen) atoms. The SMILES string of the molecule is Cc1ccc(-c2nc(-c3ccc(C)c(N)c3)cs2)cc1. The van der Waals surface area contributed by atoms with Crippen molar-refractivity contribution in [2.45, 2.75) is 13.8 Å². The minimum atomic E-state index is 0.812. The monoisotopic (exact) mass is 280 g/mol. The molecule has 3 heteroatoms. The first-order valence-electron chi connectivity index (χ1n) is 6.52. The van der Waals surface area contributed by atoms with Crippen LogP contribution in [0.1, 0.15) is 11.1 Å². The van der Waals surface area contributed by atoms with E-state index in [0.29, 0.717) is 0 Å². The van der Waals surface area contributed by atoms with Gasteiger partial charge in [0.25, 0.3) is 0 Å². The molecule has 3 rings (SSSR count). The van der Waals surface area contributed by atoms with Gasteiger partial charge in [-0.1, -0.05) is 42.0 Å². The summed E-state index contributed by atoms with van der Waals surface area (Å²) in [6.07, 6.45) is 0. The van der Waals surface area contributed by atoms with E-state index < -0.39 is 0 Å². The van der Waals surface area contributed by atoms with Gasteiger partial charge in [-0.15, -0.1) is 11.3 Å². The van der Waals surface area contributed by atoms with Gasteiger partial charge in [-0.05, 0) is 25.5 Å². The molecule has 0 spiro atoms. The molecular weight excluding hydrogens is 264 g/mol. The molecule has 0 atom stereocenters. The fraction of sp³-hybridized carbons (Fsp3) is 0.118. The quantitative estimate of drug-likeness (QED) is 0.692. The molecule has 2 nitrogen and oxygen atoms in total. The average Bonchev–Trinajstić information content (AvgIpc) is 2.92. The van der Waals surface area contributed by atoms with Gasteiger partial charge in [-0.3, -0.25) is 0 Å². The molecule has 0 saturated carbocycles. The molecule has 0 aliphatic rings. The maximum absolute atomic E-state index is 5.97. The van der Waals surface area contributed by atoms with Gasteiger partial charge >= 0.3 is 0 Å². The minimum absolute atomic E-state index is 0.812. The lowest BCUT2D eigenvalue weighted by Gasteiger charge is -2.02. The third kappa shape index (κ3) is 2.45. The van der Waals surface area contributed by atoms with Crippen LogP contribution in [0, 0.1) is 13.8 Å². The Morgan fingerprint density at radius 1 is 0.950 bits per heavy atom. The number of nitrogen functional groups attached to an aromatic ring is 1. The first-order chi connectivity index (χ1) is 9.63. The second-order valence-corrected chi connectivity index (χ2v) is 5.83. The Kier molecular flexibility index (Phi) is 3.28. The van der Waals surface area contributed by atoms with Gasteiger partial charge in [0.1, 0.15) is 5.01 Å². The lowest BCUT2D eigenvalue weighted by Crippen LogP contribution is -1.90. The highest BCUT2D eigenvalue weighted by molar-refractivity contribution is 7.13. The lowest BCUT2D eigenvalue weighted by molar-refractivity contribution is 1.38. The van der Waals surface area contributed by atoms with Crippen LogP contribution in [-0.4, -0.2) is 4.98 Å². The lowest BCUT2D eigenvalue weighted by atomic mass is 10.1. The van der Waals surface area contributed by atoms with Crippen LogP contribution >= 0.6 is 11.3 Å². The van der Waals surface area contributed by atoms with E-state index in [-0.39, 0.29) is 0 Å². The molecule has 0 unspecified atom stereocenters. The largest absolute Gasteiger partial charge is 0.398 e. The summed E-state index contributed by atoms with van der Waals surface area (Å²) in [5.41, 5.74) is 12.4. The van der Waals surface area contributed by atoms with Gasteiger partial charge in [-0.2, -0.15) is 0 Å². The standard InChI is InChI=1S/C17H16N2S/c1-11-3-6-13(7-4-11)17-19-16(10-20-17)14-8-5-12(2)15(18)9-14/h3-10H,18H2,1-2H3. The molecule has 2 N–H and O–H groups in total. The summed E-state index contributed by atoms with van der Waals surface area (Å²) in [5, 5.41) is 3.12. The summed E-state index contributed by atoms with van der Waals surface area (Å²) >= 11 is 1.66. The zero-order chi connectivity index (χ0) is 14.1. The van der Waals surface area contributed by atoms with E-state index in [2.05, 4.69) is 42.6 Å². The zero-order valence-corrected chi connectivity index (χ0v) is 12.4. The molecule has 1 aromatic heterocycles.